The number of hydrogen-bond acceptors (Lipinski definition) is 3. The average molecular weight is 330 g/mol. The summed E-state index contributed by atoms with van der Waals surface area (Å²) in [6.07, 6.45) is 2.52. The lowest BCUT2D eigenvalue weighted by Gasteiger charge is -2.38. The number of hydrogen-bond donors (Lipinski definition) is 0. The Labute approximate surface area is 148 Å². The van der Waals surface area contributed by atoms with Crippen molar-refractivity contribution < 1.29 is 0 Å². The van der Waals surface area contributed by atoms with Crippen LogP contribution in [0, 0.1) is 6.92 Å². The van der Waals surface area contributed by atoms with Gasteiger partial charge in [-0.25, -0.2) is 4.68 Å². The number of aromatic nitrogens is 3. The molecule has 2 aromatic carbocycles. The summed E-state index contributed by atoms with van der Waals surface area (Å²) in [7, 11) is 0. The van der Waals surface area contributed by atoms with Crippen LogP contribution in [0.5, 0.6) is 0 Å². The average Bonchev–Trinajstić information content (AvgIpc) is 3.27. The maximum Gasteiger partial charge on any atom is 0.118 e. The smallest absolute Gasteiger partial charge is 0.118 e. The molecule has 2 aliphatic heterocycles. The quantitative estimate of drug-likeness (QED) is 0.716. The number of aryl methyl sites for hydroxylation is 1. The summed E-state index contributed by atoms with van der Waals surface area (Å²) in [5.74, 6) is 0. The Hall–Kier alpha value is -2.46. The molecule has 5 rings (SSSR count). The molecule has 0 radical (unpaired) electrons. The largest absolute Gasteiger partial charge is 0.286 e. The third-order valence-corrected chi connectivity index (χ3v) is 5.58. The first-order valence-electron chi connectivity index (χ1n) is 9.12. The molecule has 0 spiro atoms. The van der Waals surface area contributed by atoms with Crippen molar-refractivity contribution in [2.24, 2.45) is 0 Å². The summed E-state index contributed by atoms with van der Waals surface area (Å²) in [4.78, 5) is 2.67. The highest BCUT2D eigenvalue weighted by Gasteiger charge is 2.41. The van der Waals surface area contributed by atoms with Gasteiger partial charge >= 0.3 is 0 Å². The standard InChI is InChI=1S/C21H22N4/c1-15-7-5-10-17(13-15)20-21-19(16-8-3-2-4-9-16)22-23-25(21)14-18-11-6-12-24(18)20/h2-5,7-10,13,18,20H,6,11-12,14H2,1H3/t18-,20-/m0/s1. The van der Waals surface area contributed by atoms with Crippen LogP contribution in [0.25, 0.3) is 11.3 Å². The Kier molecular flexibility index (Phi) is 3.45. The van der Waals surface area contributed by atoms with Gasteiger partial charge in [-0.1, -0.05) is 65.4 Å². The van der Waals surface area contributed by atoms with Crippen molar-refractivity contribution in [2.45, 2.75) is 38.4 Å². The minimum atomic E-state index is 0.242. The van der Waals surface area contributed by atoms with E-state index in [1.807, 2.05) is 6.07 Å². The van der Waals surface area contributed by atoms with Crippen molar-refractivity contribution in [1.82, 2.24) is 19.9 Å². The molecule has 2 aliphatic rings. The van der Waals surface area contributed by atoms with Crippen molar-refractivity contribution in [3.63, 3.8) is 0 Å². The van der Waals surface area contributed by atoms with Crippen LogP contribution >= 0.6 is 0 Å². The minimum absolute atomic E-state index is 0.242. The molecule has 4 nitrogen and oxygen atoms in total. The molecule has 2 atom stereocenters. The zero-order valence-electron chi connectivity index (χ0n) is 14.5. The van der Waals surface area contributed by atoms with Gasteiger partial charge in [-0.05, 0) is 31.9 Å². The Balaban J connectivity index is 1.71. The van der Waals surface area contributed by atoms with Gasteiger partial charge in [0.1, 0.15) is 5.69 Å². The van der Waals surface area contributed by atoms with Gasteiger partial charge in [0.25, 0.3) is 0 Å². The second kappa shape index (κ2) is 5.81. The number of rotatable bonds is 2. The van der Waals surface area contributed by atoms with Gasteiger partial charge in [0.15, 0.2) is 0 Å². The zero-order chi connectivity index (χ0) is 16.8. The highest BCUT2D eigenvalue weighted by atomic mass is 15.5. The van der Waals surface area contributed by atoms with E-state index < -0.39 is 0 Å². The van der Waals surface area contributed by atoms with E-state index in [-0.39, 0.29) is 6.04 Å². The Morgan fingerprint density at radius 2 is 1.92 bits per heavy atom. The lowest BCUT2D eigenvalue weighted by Crippen LogP contribution is -2.43. The molecule has 4 heteroatoms. The van der Waals surface area contributed by atoms with Crippen LogP contribution in [0.1, 0.15) is 35.7 Å². The van der Waals surface area contributed by atoms with Crippen molar-refractivity contribution in [3.05, 3.63) is 71.4 Å². The topological polar surface area (TPSA) is 34.0 Å². The van der Waals surface area contributed by atoms with Gasteiger partial charge in [0, 0.05) is 11.6 Å². The molecule has 0 amide bonds. The van der Waals surface area contributed by atoms with Crippen molar-refractivity contribution >= 4 is 0 Å². The predicted octanol–water partition coefficient (Wildman–Crippen LogP) is 3.82. The maximum absolute atomic E-state index is 4.58. The SMILES string of the molecule is Cc1cccc([C@H]2c3c(-c4ccccc4)nnn3C[C@@H]3CCCN32)c1. The van der Waals surface area contributed by atoms with Crippen molar-refractivity contribution in [3.8, 4) is 11.3 Å². The molecule has 0 bridgehead atoms. The van der Waals surface area contributed by atoms with E-state index in [0.717, 1.165) is 24.3 Å². The Bertz CT molecular complexity index is 899. The van der Waals surface area contributed by atoms with Gasteiger partial charge in [-0.15, -0.1) is 5.10 Å². The second-order valence-electron chi connectivity index (χ2n) is 7.22. The van der Waals surface area contributed by atoms with Crippen LogP contribution < -0.4 is 0 Å². The molecule has 3 aromatic rings. The predicted molar refractivity (Wildman–Crippen MR) is 98.2 cm³/mol. The molecule has 1 fully saturated rings. The molecule has 1 saturated heterocycles. The van der Waals surface area contributed by atoms with Gasteiger partial charge in [0.05, 0.1) is 18.3 Å². The van der Waals surface area contributed by atoms with Crippen LogP contribution in [-0.2, 0) is 6.54 Å². The Morgan fingerprint density at radius 1 is 1.04 bits per heavy atom. The van der Waals surface area contributed by atoms with Gasteiger partial charge < -0.3 is 0 Å². The molecule has 3 heterocycles. The lowest BCUT2D eigenvalue weighted by molar-refractivity contribution is 0.147. The summed E-state index contributed by atoms with van der Waals surface area (Å²) in [5.41, 5.74) is 6.08. The van der Waals surface area contributed by atoms with E-state index >= 15 is 0 Å². The fourth-order valence-electron chi connectivity index (χ4n) is 4.47. The summed E-state index contributed by atoms with van der Waals surface area (Å²) in [6, 6.07) is 20.2. The van der Waals surface area contributed by atoms with Gasteiger partial charge in [0.2, 0.25) is 0 Å². The lowest BCUT2D eigenvalue weighted by atomic mass is 9.94. The third-order valence-electron chi connectivity index (χ3n) is 5.58. The van der Waals surface area contributed by atoms with Gasteiger partial charge in [-0.2, -0.15) is 0 Å². The summed E-state index contributed by atoms with van der Waals surface area (Å²) < 4.78 is 2.15. The highest BCUT2D eigenvalue weighted by molar-refractivity contribution is 5.63. The fraction of sp³-hybridized carbons (Fsp3) is 0.333. The minimum Gasteiger partial charge on any atom is -0.286 e. The Morgan fingerprint density at radius 3 is 2.76 bits per heavy atom. The van der Waals surface area contributed by atoms with Crippen LogP contribution in [0.4, 0.5) is 0 Å². The maximum atomic E-state index is 4.58. The molecule has 1 aromatic heterocycles. The van der Waals surface area contributed by atoms with Crippen LogP contribution in [0.15, 0.2) is 54.6 Å². The molecular weight excluding hydrogens is 308 g/mol. The van der Waals surface area contributed by atoms with Crippen molar-refractivity contribution in [1.29, 1.82) is 0 Å². The molecule has 0 N–H and O–H groups in total. The number of benzene rings is 2. The van der Waals surface area contributed by atoms with E-state index in [1.54, 1.807) is 0 Å². The molecule has 126 valence electrons. The summed E-state index contributed by atoms with van der Waals surface area (Å²) in [5, 5.41) is 9.11. The first-order chi connectivity index (χ1) is 12.3. The molecule has 0 saturated carbocycles. The van der Waals surface area contributed by atoms with Crippen LogP contribution in [-0.4, -0.2) is 32.5 Å². The molecule has 0 aliphatic carbocycles. The van der Waals surface area contributed by atoms with Crippen LogP contribution in [0.3, 0.4) is 0 Å². The normalized spacial score (nSPS) is 22.6. The first-order valence-corrected chi connectivity index (χ1v) is 9.12. The molecular formula is C21H22N4. The van der Waals surface area contributed by atoms with E-state index in [9.17, 15) is 0 Å². The van der Waals surface area contributed by atoms with E-state index in [1.165, 1.54) is 29.7 Å². The first kappa shape index (κ1) is 14.8. The fourth-order valence-corrected chi connectivity index (χ4v) is 4.47. The zero-order valence-corrected chi connectivity index (χ0v) is 14.5. The van der Waals surface area contributed by atoms with E-state index in [2.05, 4.69) is 75.3 Å². The summed E-state index contributed by atoms with van der Waals surface area (Å²) in [6.45, 7) is 4.28. The number of nitrogens with zero attached hydrogens (tertiary/aromatic N) is 4. The second-order valence-corrected chi connectivity index (χ2v) is 7.22. The van der Waals surface area contributed by atoms with Gasteiger partial charge in [-0.3, -0.25) is 4.90 Å². The molecule has 25 heavy (non-hydrogen) atoms. The van der Waals surface area contributed by atoms with E-state index in [4.69, 9.17) is 0 Å². The van der Waals surface area contributed by atoms with Crippen molar-refractivity contribution in [2.75, 3.05) is 6.54 Å². The molecule has 0 unspecified atom stereocenters. The van der Waals surface area contributed by atoms with Crippen LogP contribution in [0.2, 0.25) is 0 Å². The third kappa shape index (κ3) is 2.40. The monoisotopic (exact) mass is 330 g/mol. The number of fused-ring (bicyclic) bond motifs is 2. The van der Waals surface area contributed by atoms with E-state index in [0.29, 0.717) is 6.04 Å². The highest BCUT2D eigenvalue weighted by Crippen LogP contribution is 2.42. The summed E-state index contributed by atoms with van der Waals surface area (Å²) >= 11 is 0.